The van der Waals surface area contributed by atoms with E-state index in [9.17, 15) is 13.2 Å². The molecule has 0 saturated carbocycles. The van der Waals surface area contributed by atoms with Crippen LogP contribution in [0.1, 0.15) is 22.5 Å². The Morgan fingerprint density at radius 1 is 1.10 bits per heavy atom. The number of halogens is 3. The van der Waals surface area contributed by atoms with Gasteiger partial charge in [-0.2, -0.15) is 18.3 Å². The van der Waals surface area contributed by atoms with Crippen LogP contribution in [0.25, 0.3) is 5.69 Å². The molecule has 3 aromatic rings. The molecule has 0 amide bonds. The number of aliphatic imine (C=N–C) groups is 1. The normalized spacial score (nSPS) is 12.3. The van der Waals surface area contributed by atoms with E-state index in [1.807, 2.05) is 42.1 Å². The van der Waals surface area contributed by atoms with Crippen molar-refractivity contribution in [3.8, 4) is 5.69 Å². The van der Waals surface area contributed by atoms with E-state index in [-0.39, 0.29) is 12.1 Å². The number of hydrogen-bond donors (Lipinski definition) is 2. The van der Waals surface area contributed by atoms with Crippen LogP contribution in [0.15, 0.2) is 53.8 Å². The van der Waals surface area contributed by atoms with Crippen LogP contribution in [0.5, 0.6) is 0 Å². The van der Waals surface area contributed by atoms with E-state index in [2.05, 4.69) is 20.7 Å². The molecule has 0 aliphatic rings. The molecule has 0 fully saturated rings. The smallest absolute Gasteiger partial charge is 0.355 e. The number of guanidine groups is 1. The predicted octanol–water partition coefficient (Wildman–Crippen LogP) is 3.67. The highest BCUT2D eigenvalue weighted by Crippen LogP contribution is 2.33. The molecule has 30 heavy (non-hydrogen) atoms. The second-order valence-corrected chi connectivity index (χ2v) is 6.95. The molecule has 2 heterocycles. The summed E-state index contributed by atoms with van der Waals surface area (Å²) in [5.41, 5.74) is 1.36. The maximum atomic E-state index is 13.7. The monoisotopic (exact) mass is 418 g/mol. The first-order valence-corrected chi connectivity index (χ1v) is 9.57. The summed E-state index contributed by atoms with van der Waals surface area (Å²) in [5.74, 6) is 0.443. The first-order valence-electron chi connectivity index (χ1n) is 9.57. The molecule has 0 radical (unpaired) electrons. The van der Waals surface area contributed by atoms with Gasteiger partial charge >= 0.3 is 6.18 Å². The number of aromatic nitrogens is 3. The quantitative estimate of drug-likeness (QED) is 0.474. The zero-order valence-electron chi connectivity index (χ0n) is 17.2. The summed E-state index contributed by atoms with van der Waals surface area (Å²) < 4.78 is 44.6. The lowest BCUT2D eigenvalue weighted by Gasteiger charge is -2.17. The van der Waals surface area contributed by atoms with E-state index >= 15 is 0 Å². The van der Waals surface area contributed by atoms with Crippen molar-refractivity contribution in [2.45, 2.75) is 33.1 Å². The Morgan fingerprint density at radius 2 is 1.83 bits per heavy atom. The van der Waals surface area contributed by atoms with Crippen molar-refractivity contribution < 1.29 is 13.2 Å². The number of nitrogens with one attached hydrogen (secondary N) is 2. The molecule has 0 atom stereocenters. The highest BCUT2D eigenvalue weighted by atomic mass is 19.4. The van der Waals surface area contributed by atoms with Crippen LogP contribution in [0.3, 0.4) is 0 Å². The van der Waals surface area contributed by atoms with Gasteiger partial charge in [-0.1, -0.05) is 6.07 Å². The van der Waals surface area contributed by atoms with Crippen molar-refractivity contribution in [1.82, 2.24) is 25.0 Å². The van der Waals surface area contributed by atoms with Gasteiger partial charge in [0.1, 0.15) is 0 Å². The van der Waals surface area contributed by atoms with E-state index in [1.165, 1.54) is 10.7 Å². The van der Waals surface area contributed by atoms with Crippen molar-refractivity contribution in [1.29, 1.82) is 0 Å². The molecule has 0 aliphatic heterocycles. The van der Waals surface area contributed by atoms with Gasteiger partial charge in [0, 0.05) is 44.8 Å². The van der Waals surface area contributed by atoms with Crippen molar-refractivity contribution in [2.75, 3.05) is 13.6 Å². The number of benzene rings is 1. The fourth-order valence-electron chi connectivity index (χ4n) is 3.23. The molecular weight excluding hydrogens is 393 g/mol. The lowest BCUT2D eigenvalue weighted by atomic mass is 10.1. The maximum Gasteiger partial charge on any atom is 0.416 e. The average molecular weight is 418 g/mol. The Labute approximate surface area is 173 Å². The zero-order valence-corrected chi connectivity index (χ0v) is 17.2. The van der Waals surface area contributed by atoms with Crippen LogP contribution in [-0.2, 0) is 19.3 Å². The van der Waals surface area contributed by atoms with Gasteiger partial charge in [0.2, 0.25) is 0 Å². The molecule has 9 heteroatoms. The zero-order chi connectivity index (χ0) is 21.7. The number of alkyl halides is 3. The van der Waals surface area contributed by atoms with Crippen LogP contribution in [-0.4, -0.2) is 33.9 Å². The summed E-state index contributed by atoms with van der Waals surface area (Å²) in [7, 11) is 1.58. The molecule has 0 spiro atoms. The molecule has 0 saturated heterocycles. The van der Waals surface area contributed by atoms with Crippen molar-refractivity contribution in [3.05, 3.63) is 71.3 Å². The molecule has 0 unspecified atom stereocenters. The Morgan fingerprint density at radius 3 is 2.43 bits per heavy atom. The molecule has 160 valence electrons. The number of aryl methyl sites for hydroxylation is 2. The van der Waals surface area contributed by atoms with E-state index in [4.69, 9.17) is 0 Å². The summed E-state index contributed by atoms with van der Waals surface area (Å²) in [5, 5.41) is 10.3. The molecule has 1 aromatic carbocycles. The summed E-state index contributed by atoms with van der Waals surface area (Å²) in [6.07, 6.45) is -0.593. The second-order valence-electron chi connectivity index (χ2n) is 6.95. The van der Waals surface area contributed by atoms with Gasteiger partial charge in [0.15, 0.2) is 5.96 Å². The minimum atomic E-state index is -4.48. The minimum absolute atomic E-state index is 0.00453. The predicted molar refractivity (Wildman–Crippen MR) is 111 cm³/mol. The third kappa shape index (κ3) is 5.22. The van der Waals surface area contributed by atoms with Gasteiger partial charge in [-0.05, 0) is 49.7 Å². The highest BCUT2D eigenvalue weighted by molar-refractivity contribution is 5.79. The first kappa shape index (κ1) is 21.5. The average Bonchev–Trinajstić information content (AvgIpc) is 3.33. The van der Waals surface area contributed by atoms with Gasteiger partial charge in [-0.15, -0.1) is 0 Å². The fourth-order valence-corrected chi connectivity index (χ4v) is 3.23. The second kappa shape index (κ2) is 9.06. The van der Waals surface area contributed by atoms with Crippen molar-refractivity contribution >= 4 is 5.96 Å². The maximum absolute atomic E-state index is 13.7. The summed E-state index contributed by atoms with van der Waals surface area (Å²) >= 11 is 0. The van der Waals surface area contributed by atoms with Crippen molar-refractivity contribution in [2.24, 2.45) is 4.99 Å². The van der Waals surface area contributed by atoms with Gasteiger partial charge in [-0.25, -0.2) is 4.68 Å². The van der Waals surface area contributed by atoms with E-state index < -0.39 is 11.7 Å². The summed E-state index contributed by atoms with van der Waals surface area (Å²) in [6.45, 7) is 4.93. The Balaban J connectivity index is 1.72. The lowest BCUT2D eigenvalue weighted by Crippen LogP contribution is -2.38. The van der Waals surface area contributed by atoms with Crippen LogP contribution in [0, 0.1) is 13.8 Å². The van der Waals surface area contributed by atoms with Crippen LogP contribution < -0.4 is 10.6 Å². The van der Waals surface area contributed by atoms with Crippen LogP contribution in [0.2, 0.25) is 0 Å². The minimum Gasteiger partial charge on any atom is -0.355 e. The highest BCUT2D eigenvalue weighted by Gasteiger charge is 2.33. The molecular formula is C21H25F3N6. The van der Waals surface area contributed by atoms with Crippen molar-refractivity contribution in [3.63, 3.8) is 0 Å². The topological polar surface area (TPSA) is 59.2 Å². The molecule has 0 aliphatic carbocycles. The SMILES string of the molecule is CN=C(NCCn1cccc1)NCc1ccc(-n2nc(C)cc2C)cc1C(F)(F)F. The lowest BCUT2D eigenvalue weighted by molar-refractivity contribution is -0.138. The van der Waals surface area contributed by atoms with Gasteiger partial charge in [0.25, 0.3) is 0 Å². The van der Waals surface area contributed by atoms with Gasteiger partial charge < -0.3 is 15.2 Å². The molecule has 2 N–H and O–H groups in total. The van der Waals surface area contributed by atoms with Crippen LogP contribution >= 0.6 is 0 Å². The number of nitrogens with zero attached hydrogens (tertiary/aromatic N) is 4. The first-order chi connectivity index (χ1) is 14.3. The molecule has 2 aromatic heterocycles. The third-order valence-corrected chi connectivity index (χ3v) is 4.65. The molecule has 3 rings (SSSR count). The molecule has 6 nitrogen and oxygen atoms in total. The fraction of sp³-hybridized carbons (Fsp3) is 0.333. The largest absolute Gasteiger partial charge is 0.416 e. The van der Waals surface area contributed by atoms with Crippen LogP contribution in [0.4, 0.5) is 13.2 Å². The van der Waals surface area contributed by atoms with E-state index in [0.717, 1.165) is 24.0 Å². The Bertz CT molecular complexity index is 1000. The van der Waals surface area contributed by atoms with E-state index in [1.54, 1.807) is 20.0 Å². The number of rotatable bonds is 6. The summed E-state index contributed by atoms with van der Waals surface area (Å²) in [4.78, 5) is 4.08. The Hall–Kier alpha value is -3.23. The number of hydrogen-bond acceptors (Lipinski definition) is 2. The van der Waals surface area contributed by atoms with Gasteiger partial charge in [-0.3, -0.25) is 4.99 Å². The Kier molecular flexibility index (Phi) is 6.49. The van der Waals surface area contributed by atoms with E-state index in [0.29, 0.717) is 18.2 Å². The van der Waals surface area contributed by atoms with Gasteiger partial charge in [0.05, 0.1) is 16.9 Å². The standard InChI is InChI=1S/C21H25F3N6/c1-15-12-16(2)30(28-15)18-7-6-17(19(13-18)21(22,23)24)14-27-20(25-3)26-8-11-29-9-4-5-10-29/h4-7,9-10,12-13H,8,11,14H2,1-3H3,(H2,25,26,27). The molecule has 0 bridgehead atoms. The summed E-state index contributed by atoms with van der Waals surface area (Å²) in [6, 6.07) is 9.95. The third-order valence-electron chi connectivity index (χ3n) is 4.65.